The molecule has 0 saturated carbocycles. The van der Waals surface area contributed by atoms with Crippen LogP contribution in [0.25, 0.3) is 0 Å². The summed E-state index contributed by atoms with van der Waals surface area (Å²) in [5.74, 6) is -0.529. The van der Waals surface area contributed by atoms with E-state index in [2.05, 4.69) is 21.2 Å². The van der Waals surface area contributed by atoms with Gasteiger partial charge in [-0.05, 0) is 58.2 Å². The van der Waals surface area contributed by atoms with Crippen molar-refractivity contribution in [2.24, 2.45) is 0 Å². The molecule has 0 fully saturated rings. The zero-order valence-corrected chi connectivity index (χ0v) is 12.0. The first-order chi connectivity index (χ1) is 9.06. The minimum Gasteiger partial charge on any atom is -0.306 e. The van der Waals surface area contributed by atoms with E-state index in [1.54, 1.807) is 12.1 Å². The van der Waals surface area contributed by atoms with E-state index >= 15 is 0 Å². The molecular formula is C15H14BrF2N. The summed E-state index contributed by atoms with van der Waals surface area (Å²) in [6.07, 6.45) is 0. The van der Waals surface area contributed by atoms with E-state index in [-0.39, 0.29) is 17.7 Å². The summed E-state index contributed by atoms with van der Waals surface area (Å²) >= 11 is 3.12. The molecule has 19 heavy (non-hydrogen) atoms. The van der Waals surface area contributed by atoms with Crippen molar-refractivity contribution >= 4 is 15.9 Å². The molecule has 2 rings (SSSR count). The van der Waals surface area contributed by atoms with Gasteiger partial charge in [-0.3, -0.25) is 0 Å². The van der Waals surface area contributed by atoms with Gasteiger partial charge in [0.05, 0.1) is 4.47 Å². The summed E-state index contributed by atoms with van der Waals surface area (Å²) in [7, 11) is 0. The molecule has 0 aliphatic carbocycles. The Labute approximate surface area is 119 Å². The van der Waals surface area contributed by atoms with Crippen LogP contribution < -0.4 is 5.32 Å². The van der Waals surface area contributed by atoms with Gasteiger partial charge >= 0.3 is 0 Å². The molecule has 0 aromatic heterocycles. The quantitative estimate of drug-likeness (QED) is 0.867. The number of halogens is 3. The summed E-state index contributed by atoms with van der Waals surface area (Å²) in [5.41, 5.74) is 1.72. The SMILES string of the molecule is C[C@@H](NCc1ccc(Br)c(F)c1)c1cccc(F)c1. The molecule has 0 bridgehead atoms. The Bertz CT molecular complexity index is 572. The van der Waals surface area contributed by atoms with E-state index in [4.69, 9.17) is 0 Å². The van der Waals surface area contributed by atoms with Crippen LogP contribution in [-0.2, 0) is 6.54 Å². The Morgan fingerprint density at radius 3 is 2.63 bits per heavy atom. The largest absolute Gasteiger partial charge is 0.306 e. The van der Waals surface area contributed by atoms with Crippen LogP contribution >= 0.6 is 15.9 Å². The predicted molar refractivity (Wildman–Crippen MR) is 75.8 cm³/mol. The second-order valence-corrected chi connectivity index (χ2v) is 5.26. The zero-order valence-electron chi connectivity index (χ0n) is 10.5. The summed E-state index contributed by atoms with van der Waals surface area (Å²) in [6.45, 7) is 2.48. The highest BCUT2D eigenvalue weighted by Crippen LogP contribution is 2.18. The fourth-order valence-electron chi connectivity index (χ4n) is 1.81. The van der Waals surface area contributed by atoms with Crippen molar-refractivity contribution in [3.05, 3.63) is 69.7 Å². The van der Waals surface area contributed by atoms with Crippen molar-refractivity contribution in [1.82, 2.24) is 5.32 Å². The van der Waals surface area contributed by atoms with Crippen LogP contribution in [0.5, 0.6) is 0 Å². The van der Waals surface area contributed by atoms with Crippen molar-refractivity contribution in [1.29, 1.82) is 0 Å². The molecule has 0 aliphatic heterocycles. The first-order valence-electron chi connectivity index (χ1n) is 5.99. The molecule has 2 aromatic carbocycles. The standard InChI is InChI=1S/C15H14BrF2N/c1-10(12-3-2-4-13(17)8-12)19-9-11-5-6-14(16)15(18)7-11/h2-8,10,19H,9H2,1H3/t10-/m1/s1. The third-order valence-corrected chi connectivity index (χ3v) is 3.59. The van der Waals surface area contributed by atoms with Crippen molar-refractivity contribution in [2.75, 3.05) is 0 Å². The van der Waals surface area contributed by atoms with E-state index < -0.39 is 0 Å². The maximum absolute atomic E-state index is 13.4. The van der Waals surface area contributed by atoms with Gasteiger partial charge in [-0.15, -0.1) is 0 Å². The van der Waals surface area contributed by atoms with Crippen LogP contribution in [0.1, 0.15) is 24.1 Å². The van der Waals surface area contributed by atoms with E-state index in [9.17, 15) is 8.78 Å². The Morgan fingerprint density at radius 2 is 1.95 bits per heavy atom. The number of benzene rings is 2. The molecule has 1 atom stereocenters. The van der Waals surface area contributed by atoms with E-state index in [1.807, 2.05) is 19.1 Å². The lowest BCUT2D eigenvalue weighted by Crippen LogP contribution is -2.18. The lowest BCUT2D eigenvalue weighted by Gasteiger charge is -2.14. The van der Waals surface area contributed by atoms with E-state index in [1.165, 1.54) is 18.2 Å². The van der Waals surface area contributed by atoms with Crippen LogP contribution in [0.15, 0.2) is 46.9 Å². The highest BCUT2D eigenvalue weighted by atomic mass is 79.9. The number of hydrogen-bond donors (Lipinski definition) is 1. The minimum atomic E-state index is -0.280. The fourth-order valence-corrected chi connectivity index (χ4v) is 2.06. The van der Waals surface area contributed by atoms with Crippen LogP contribution in [0.3, 0.4) is 0 Å². The molecule has 2 aromatic rings. The number of hydrogen-bond acceptors (Lipinski definition) is 1. The molecule has 0 radical (unpaired) electrons. The summed E-state index contributed by atoms with van der Waals surface area (Å²) < 4.78 is 26.9. The Kier molecular flexibility index (Phi) is 4.66. The number of nitrogens with one attached hydrogen (secondary N) is 1. The molecule has 0 unspecified atom stereocenters. The average molecular weight is 326 g/mol. The second kappa shape index (κ2) is 6.26. The maximum atomic E-state index is 13.4. The molecule has 100 valence electrons. The molecule has 0 spiro atoms. The normalized spacial score (nSPS) is 12.4. The maximum Gasteiger partial charge on any atom is 0.137 e. The molecule has 1 nitrogen and oxygen atoms in total. The van der Waals surface area contributed by atoms with Gasteiger partial charge in [0, 0.05) is 12.6 Å². The smallest absolute Gasteiger partial charge is 0.137 e. The summed E-state index contributed by atoms with van der Waals surface area (Å²) in [4.78, 5) is 0. The zero-order chi connectivity index (χ0) is 13.8. The third-order valence-electron chi connectivity index (χ3n) is 2.95. The van der Waals surface area contributed by atoms with Gasteiger partial charge in [0.1, 0.15) is 11.6 Å². The highest BCUT2D eigenvalue weighted by molar-refractivity contribution is 9.10. The van der Waals surface area contributed by atoms with Crippen LogP contribution in [0.4, 0.5) is 8.78 Å². The fraction of sp³-hybridized carbons (Fsp3) is 0.200. The van der Waals surface area contributed by atoms with Gasteiger partial charge in [0.15, 0.2) is 0 Å². The van der Waals surface area contributed by atoms with Crippen LogP contribution in [0.2, 0.25) is 0 Å². The topological polar surface area (TPSA) is 12.0 Å². The average Bonchev–Trinajstić information content (AvgIpc) is 2.40. The molecule has 1 N–H and O–H groups in total. The van der Waals surface area contributed by atoms with Gasteiger partial charge in [-0.2, -0.15) is 0 Å². The predicted octanol–water partition coefficient (Wildman–Crippen LogP) is 4.58. The minimum absolute atomic E-state index is 0.00223. The molecule has 0 aliphatic rings. The van der Waals surface area contributed by atoms with Crippen molar-refractivity contribution in [3.63, 3.8) is 0 Å². The van der Waals surface area contributed by atoms with Gasteiger partial charge in [0.2, 0.25) is 0 Å². The molecule has 0 amide bonds. The Hall–Kier alpha value is -1.26. The summed E-state index contributed by atoms with van der Waals surface area (Å²) in [5, 5.41) is 3.24. The molecule has 0 heterocycles. The van der Waals surface area contributed by atoms with Crippen LogP contribution in [0, 0.1) is 11.6 Å². The lowest BCUT2D eigenvalue weighted by atomic mass is 10.1. The third kappa shape index (κ3) is 3.85. The molecule has 4 heteroatoms. The van der Waals surface area contributed by atoms with E-state index in [0.29, 0.717) is 11.0 Å². The van der Waals surface area contributed by atoms with Gasteiger partial charge < -0.3 is 5.32 Å². The van der Waals surface area contributed by atoms with Gasteiger partial charge in [-0.1, -0.05) is 18.2 Å². The highest BCUT2D eigenvalue weighted by Gasteiger charge is 2.06. The number of rotatable bonds is 4. The Balaban J connectivity index is 2.00. The monoisotopic (exact) mass is 325 g/mol. The molecular weight excluding hydrogens is 312 g/mol. The summed E-state index contributed by atoms with van der Waals surface area (Å²) in [6, 6.07) is 11.5. The van der Waals surface area contributed by atoms with Gasteiger partial charge in [-0.25, -0.2) is 8.78 Å². The van der Waals surface area contributed by atoms with Crippen molar-refractivity contribution < 1.29 is 8.78 Å². The van der Waals surface area contributed by atoms with Crippen molar-refractivity contribution in [3.8, 4) is 0 Å². The van der Waals surface area contributed by atoms with Crippen molar-refractivity contribution in [2.45, 2.75) is 19.5 Å². The first-order valence-corrected chi connectivity index (χ1v) is 6.78. The first kappa shape index (κ1) is 14.2. The van der Waals surface area contributed by atoms with E-state index in [0.717, 1.165) is 11.1 Å². The Morgan fingerprint density at radius 1 is 1.16 bits per heavy atom. The lowest BCUT2D eigenvalue weighted by molar-refractivity contribution is 0.560. The molecule has 0 saturated heterocycles. The van der Waals surface area contributed by atoms with Crippen LogP contribution in [-0.4, -0.2) is 0 Å². The van der Waals surface area contributed by atoms with Gasteiger partial charge in [0.25, 0.3) is 0 Å². The second-order valence-electron chi connectivity index (χ2n) is 4.41.